The minimum absolute atomic E-state index is 0.158. The lowest BCUT2D eigenvalue weighted by molar-refractivity contribution is -0.128. The van der Waals surface area contributed by atoms with Crippen LogP contribution in [-0.4, -0.2) is 29.9 Å². The van der Waals surface area contributed by atoms with Gasteiger partial charge >= 0.3 is 0 Å². The number of nitrogens with zero attached hydrogens (tertiary/aromatic N) is 1. The van der Waals surface area contributed by atoms with Crippen LogP contribution in [0.2, 0.25) is 5.02 Å². The largest absolute Gasteiger partial charge is 0.352 e. The molecule has 2 aliphatic rings. The normalized spacial score (nSPS) is 27.1. The first-order chi connectivity index (χ1) is 11.5. The molecule has 4 heteroatoms. The maximum atomic E-state index is 13.1. The molecule has 0 radical (unpaired) electrons. The zero-order valence-electron chi connectivity index (χ0n) is 14.8. The fourth-order valence-corrected chi connectivity index (χ4v) is 4.57. The Balaban J connectivity index is 1.82. The van der Waals surface area contributed by atoms with E-state index in [1.807, 2.05) is 24.3 Å². The van der Waals surface area contributed by atoms with Crippen LogP contribution < -0.4 is 5.32 Å². The second-order valence-electron chi connectivity index (χ2n) is 7.84. The maximum Gasteiger partial charge on any atom is 0.242 e. The number of carbonyl (C=O) groups excluding carboxylic acids is 1. The molecule has 0 unspecified atom stereocenters. The first-order valence-corrected chi connectivity index (χ1v) is 9.70. The summed E-state index contributed by atoms with van der Waals surface area (Å²) in [6, 6.07) is 7.95. The van der Waals surface area contributed by atoms with Gasteiger partial charge in [-0.15, -0.1) is 0 Å². The van der Waals surface area contributed by atoms with Gasteiger partial charge in [0, 0.05) is 24.2 Å². The molecule has 0 spiro atoms. The number of amides is 1. The van der Waals surface area contributed by atoms with Crippen molar-refractivity contribution < 1.29 is 4.79 Å². The summed E-state index contributed by atoms with van der Waals surface area (Å²) >= 11 is 6.05. The highest BCUT2D eigenvalue weighted by Crippen LogP contribution is 2.31. The number of nitrogens with one attached hydrogen (secondary N) is 1. The second-order valence-corrected chi connectivity index (χ2v) is 8.28. The number of piperidine rings is 1. The zero-order chi connectivity index (χ0) is 17.1. The molecule has 1 heterocycles. The van der Waals surface area contributed by atoms with E-state index >= 15 is 0 Å². The van der Waals surface area contributed by atoms with Crippen LogP contribution in [0.25, 0.3) is 0 Å². The lowest BCUT2D eigenvalue weighted by atomic mass is 9.89. The third-order valence-electron chi connectivity index (χ3n) is 5.40. The lowest BCUT2D eigenvalue weighted by Gasteiger charge is -2.40. The molecule has 1 aliphatic carbocycles. The van der Waals surface area contributed by atoms with Gasteiger partial charge in [0.05, 0.1) is 0 Å². The van der Waals surface area contributed by atoms with Gasteiger partial charge in [-0.05, 0) is 48.8 Å². The van der Waals surface area contributed by atoms with Gasteiger partial charge in [-0.25, -0.2) is 0 Å². The van der Waals surface area contributed by atoms with Crippen molar-refractivity contribution in [3.8, 4) is 0 Å². The van der Waals surface area contributed by atoms with E-state index in [9.17, 15) is 4.79 Å². The van der Waals surface area contributed by atoms with E-state index in [1.165, 1.54) is 19.3 Å². The summed E-state index contributed by atoms with van der Waals surface area (Å²) in [6.45, 7) is 6.54. The molecule has 1 N–H and O–H groups in total. The number of hydrogen-bond acceptors (Lipinski definition) is 2. The molecule has 1 aliphatic heterocycles. The minimum Gasteiger partial charge on any atom is -0.352 e. The lowest BCUT2D eigenvalue weighted by Crippen LogP contribution is -2.48. The minimum atomic E-state index is -0.201. The molecule has 24 heavy (non-hydrogen) atoms. The van der Waals surface area contributed by atoms with Crippen molar-refractivity contribution >= 4 is 17.5 Å². The van der Waals surface area contributed by atoms with Crippen molar-refractivity contribution in [2.24, 2.45) is 11.8 Å². The summed E-state index contributed by atoms with van der Waals surface area (Å²) < 4.78 is 0. The van der Waals surface area contributed by atoms with E-state index in [0.29, 0.717) is 22.9 Å². The summed E-state index contributed by atoms with van der Waals surface area (Å²) in [6.07, 6.45) is 5.94. The van der Waals surface area contributed by atoms with Crippen LogP contribution in [0.5, 0.6) is 0 Å². The molecule has 1 aromatic rings. The number of carbonyl (C=O) groups is 1. The SMILES string of the molecule is C[C@@H]1C[C@@H](C)CN([C@H](C(=O)NC2CCCC2)c2ccc(Cl)cc2)C1. The van der Waals surface area contributed by atoms with Crippen LogP contribution in [0.1, 0.15) is 57.6 Å². The van der Waals surface area contributed by atoms with Gasteiger partial charge in [0.1, 0.15) is 6.04 Å². The molecule has 3 nitrogen and oxygen atoms in total. The van der Waals surface area contributed by atoms with Crippen molar-refractivity contribution in [3.63, 3.8) is 0 Å². The molecule has 1 saturated carbocycles. The summed E-state index contributed by atoms with van der Waals surface area (Å²) in [4.78, 5) is 15.5. The zero-order valence-corrected chi connectivity index (χ0v) is 15.6. The maximum absolute atomic E-state index is 13.1. The highest BCUT2D eigenvalue weighted by Gasteiger charge is 2.34. The molecule has 3 atom stereocenters. The van der Waals surface area contributed by atoms with E-state index < -0.39 is 0 Å². The molecule has 3 rings (SSSR count). The van der Waals surface area contributed by atoms with Gasteiger partial charge < -0.3 is 5.32 Å². The van der Waals surface area contributed by atoms with Crippen molar-refractivity contribution in [3.05, 3.63) is 34.9 Å². The fourth-order valence-electron chi connectivity index (χ4n) is 4.45. The number of likely N-dealkylation sites (tertiary alicyclic amines) is 1. The van der Waals surface area contributed by atoms with Gasteiger partial charge in [0.2, 0.25) is 5.91 Å². The van der Waals surface area contributed by atoms with Crippen molar-refractivity contribution in [1.29, 1.82) is 0 Å². The summed E-state index contributed by atoms with van der Waals surface area (Å²) in [7, 11) is 0. The Morgan fingerprint density at radius 1 is 1.12 bits per heavy atom. The van der Waals surface area contributed by atoms with Crippen molar-refractivity contribution in [1.82, 2.24) is 10.2 Å². The molecular weight excluding hydrogens is 320 g/mol. The van der Waals surface area contributed by atoms with E-state index in [4.69, 9.17) is 11.6 Å². The molecule has 1 amide bonds. The number of rotatable bonds is 4. The Bertz CT molecular complexity index is 543. The van der Waals surface area contributed by atoms with Gasteiger partial charge in [-0.3, -0.25) is 9.69 Å². The third-order valence-corrected chi connectivity index (χ3v) is 5.65. The summed E-state index contributed by atoms with van der Waals surface area (Å²) in [5.74, 6) is 1.41. The standard InChI is InChI=1S/C20H29ClN2O/c1-14-11-15(2)13-23(12-14)19(16-7-9-17(21)10-8-16)20(24)22-18-5-3-4-6-18/h7-10,14-15,18-19H,3-6,11-13H2,1-2H3,(H,22,24)/t14-,15-,19+/m1/s1. The third kappa shape index (κ3) is 4.31. The fraction of sp³-hybridized carbons (Fsp3) is 0.650. The highest BCUT2D eigenvalue weighted by atomic mass is 35.5. The molecule has 2 fully saturated rings. The molecule has 0 aromatic heterocycles. The van der Waals surface area contributed by atoms with Crippen LogP contribution >= 0.6 is 11.6 Å². The van der Waals surface area contributed by atoms with Crippen LogP contribution in [0, 0.1) is 11.8 Å². The average molecular weight is 349 g/mol. The monoisotopic (exact) mass is 348 g/mol. The van der Waals surface area contributed by atoms with Gasteiger partial charge in [-0.2, -0.15) is 0 Å². The predicted molar refractivity (Wildman–Crippen MR) is 99.1 cm³/mol. The van der Waals surface area contributed by atoms with Gasteiger partial charge in [-0.1, -0.05) is 50.4 Å². The Kier molecular flexibility index (Phi) is 5.83. The molecule has 1 aromatic carbocycles. The van der Waals surface area contributed by atoms with Crippen LogP contribution in [0.4, 0.5) is 0 Å². The van der Waals surface area contributed by atoms with Crippen molar-refractivity contribution in [2.75, 3.05) is 13.1 Å². The van der Waals surface area contributed by atoms with Gasteiger partial charge in [0.25, 0.3) is 0 Å². The quantitative estimate of drug-likeness (QED) is 0.873. The van der Waals surface area contributed by atoms with Gasteiger partial charge in [0.15, 0.2) is 0 Å². The molecule has 132 valence electrons. The number of hydrogen-bond donors (Lipinski definition) is 1. The highest BCUT2D eigenvalue weighted by molar-refractivity contribution is 6.30. The van der Waals surface area contributed by atoms with Crippen LogP contribution in [0.3, 0.4) is 0 Å². The summed E-state index contributed by atoms with van der Waals surface area (Å²) in [5.41, 5.74) is 1.05. The topological polar surface area (TPSA) is 32.3 Å². The summed E-state index contributed by atoms with van der Waals surface area (Å²) in [5, 5.41) is 4.02. The Hall–Kier alpha value is -1.06. The van der Waals surface area contributed by atoms with E-state index in [2.05, 4.69) is 24.1 Å². The Labute approximate surface area is 150 Å². The Morgan fingerprint density at radius 2 is 1.71 bits per heavy atom. The van der Waals surface area contributed by atoms with E-state index in [1.54, 1.807) is 0 Å². The molecule has 1 saturated heterocycles. The Morgan fingerprint density at radius 3 is 2.29 bits per heavy atom. The number of halogens is 1. The smallest absolute Gasteiger partial charge is 0.242 e. The first-order valence-electron chi connectivity index (χ1n) is 9.33. The number of benzene rings is 1. The molecular formula is C20H29ClN2O. The second kappa shape index (κ2) is 7.88. The predicted octanol–water partition coefficient (Wildman–Crippen LogP) is 4.42. The molecule has 0 bridgehead atoms. The van der Waals surface area contributed by atoms with Crippen LogP contribution in [0.15, 0.2) is 24.3 Å². The first kappa shape index (κ1) is 17.8. The average Bonchev–Trinajstić information content (AvgIpc) is 3.01. The van der Waals surface area contributed by atoms with E-state index in [0.717, 1.165) is 31.5 Å². The van der Waals surface area contributed by atoms with Crippen molar-refractivity contribution in [2.45, 2.75) is 58.0 Å². The van der Waals surface area contributed by atoms with Crippen LogP contribution in [-0.2, 0) is 4.79 Å². The van der Waals surface area contributed by atoms with E-state index in [-0.39, 0.29) is 11.9 Å².